The monoisotopic (exact) mass is 417 g/mol. The third-order valence-corrected chi connectivity index (χ3v) is 7.58. The summed E-state index contributed by atoms with van der Waals surface area (Å²) >= 11 is 0. The van der Waals surface area contributed by atoms with Gasteiger partial charge in [0, 0.05) is 25.4 Å². The highest BCUT2D eigenvalue weighted by Crippen LogP contribution is 2.41. The molecule has 1 aromatic carbocycles. The van der Waals surface area contributed by atoms with Crippen LogP contribution in [0.1, 0.15) is 29.9 Å². The van der Waals surface area contributed by atoms with Crippen LogP contribution in [-0.4, -0.2) is 55.6 Å². The Balaban J connectivity index is 1.49. The van der Waals surface area contributed by atoms with Crippen molar-refractivity contribution in [3.05, 3.63) is 41.5 Å². The van der Waals surface area contributed by atoms with E-state index in [-0.39, 0.29) is 11.4 Å². The van der Waals surface area contributed by atoms with Crippen LogP contribution in [0, 0.1) is 6.92 Å². The number of ether oxygens (including phenoxy) is 3. The highest BCUT2D eigenvalue weighted by molar-refractivity contribution is 7.89. The van der Waals surface area contributed by atoms with Crippen molar-refractivity contribution >= 4 is 10.0 Å². The second-order valence-corrected chi connectivity index (χ2v) is 9.57. The average molecular weight is 417 g/mol. The predicted octanol–water partition coefficient (Wildman–Crippen LogP) is 1.81. The summed E-state index contributed by atoms with van der Waals surface area (Å²) in [6, 6.07) is 4.78. The van der Waals surface area contributed by atoms with Crippen LogP contribution in [0.15, 0.2) is 29.3 Å². The molecule has 3 aliphatic heterocycles. The van der Waals surface area contributed by atoms with Crippen LogP contribution in [0.5, 0.6) is 11.5 Å². The number of sulfonamides is 1. The lowest BCUT2D eigenvalue weighted by molar-refractivity contribution is -0.0935. The number of nitrogens with zero attached hydrogens (tertiary/aromatic N) is 3. The van der Waals surface area contributed by atoms with E-state index in [0.717, 1.165) is 24.1 Å². The maximum Gasteiger partial charge on any atom is 0.243 e. The van der Waals surface area contributed by atoms with Gasteiger partial charge in [-0.05, 0) is 43.9 Å². The van der Waals surface area contributed by atoms with E-state index in [4.69, 9.17) is 14.2 Å². The van der Waals surface area contributed by atoms with Gasteiger partial charge in [0.25, 0.3) is 0 Å². The summed E-state index contributed by atoms with van der Waals surface area (Å²) in [7, 11) is -3.71. The van der Waals surface area contributed by atoms with Crippen LogP contribution in [-0.2, 0) is 26.8 Å². The summed E-state index contributed by atoms with van der Waals surface area (Å²) in [5, 5.41) is 0. The molecular formula is C20H23N3O5S. The second-order valence-electron chi connectivity index (χ2n) is 7.63. The molecule has 4 heterocycles. The first-order valence-corrected chi connectivity index (χ1v) is 11.3. The zero-order chi connectivity index (χ0) is 20.1. The molecule has 0 saturated carbocycles. The molecule has 0 aliphatic carbocycles. The summed E-state index contributed by atoms with van der Waals surface area (Å²) < 4.78 is 45.6. The van der Waals surface area contributed by atoms with Crippen LogP contribution >= 0.6 is 0 Å². The predicted molar refractivity (Wildman–Crippen MR) is 104 cm³/mol. The lowest BCUT2D eigenvalue weighted by Gasteiger charge is -2.44. The van der Waals surface area contributed by atoms with E-state index in [1.54, 1.807) is 18.2 Å². The third kappa shape index (κ3) is 3.17. The van der Waals surface area contributed by atoms with Crippen molar-refractivity contribution in [1.82, 2.24) is 14.3 Å². The molecule has 0 bridgehead atoms. The van der Waals surface area contributed by atoms with Gasteiger partial charge in [-0.1, -0.05) is 0 Å². The van der Waals surface area contributed by atoms with Crippen LogP contribution in [0.4, 0.5) is 0 Å². The van der Waals surface area contributed by atoms with Gasteiger partial charge in [-0.15, -0.1) is 0 Å². The zero-order valence-electron chi connectivity index (χ0n) is 16.3. The standard InChI is InChI=1S/C20H23N3O5S/c1-14-21-12-15-5-8-28-20(19(15)22-14)6-2-7-23(13-20)29(24,25)16-3-4-17-18(11-16)27-10-9-26-17/h3-4,11-12H,2,5-10,13H2,1H3. The van der Waals surface area contributed by atoms with Gasteiger partial charge in [0.2, 0.25) is 10.0 Å². The summed E-state index contributed by atoms with van der Waals surface area (Å²) in [5.74, 6) is 1.70. The maximum atomic E-state index is 13.4. The zero-order valence-corrected chi connectivity index (χ0v) is 17.1. The molecular weight excluding hydrogens is 394 g/mol. The van der Waals surface area contributed by atoms with Gasteiger partial charge in [-0.25, -0.2) is 18.4 Å². The Labute approximate surface area is 169 Å². The average Bonchev–Trinajstić information content (AvgIpc) is 2.74. The first-order valence-electron chi connectivity index (χ1n) is 9.85. The lowest BCUT2D eigenvalue weighted by Crippen LogP contribution is -2.52. The molecule has 154 valence electrons. The van der Waals surface area contributed by atoms with Crippen LogP contribution in [0.2, 0.25) is 0 Å². The van der Waals surface area contributed by atoms with E-state index in [2.05, 4.69) is 9.97 Å². The van der Waals surface area contributed by atoms with Gasteiger partial charge in [0.05, 0.1) is 17.2 Å². The van der Waals surface area contributed by atoms with Crippen LogP contribution in [0.3, 0.4) is 0 Å². The van der Waals surface area contributed by atoms with Gasteiger partial charge in [0.1, 0.15) is 24.6 Å². The van der Waals surface area contributed by atoms with E-state index in [1.165, 1.54) is 4.31 Å². The normalized spacial score (nSPS) is 24.3. The number of rotatable bonds is 2. The van der Waals surface area contributed by atoms with Gasteiger partial charge in [-0.3, -0.25) is 0 Å². The number of hydrogen-bond donors (Lipinski definition) is 0. The van der Waals surface area contributed by atoms with Crippen molar-refractivity contribution in [3.63, 3.8) is 0 Å². The van der Waals surface area contributed by atoms with E-state index in [1.807, 2.05) is 13.1 Å². The highest BCUT2D eigenvalue weighted by atomic mass is 32.2. The molecule has 5 rings (SSSR count). The molecule has 0 amide bonds. The third-order valence-electron chi connectivity index (χ3n) is 5.74. The largest absolute Gasteiger partial charge is 0.486 e. The Kier molecular flexibility index (Phi) is 4.49. The lowest BCUT2D eigenvalue weighted by atomic mass is 9.85. The summed E-state index contributed by atoms with van der Waals surface area (Å²) in [6.45, 7) is 3.94. The Morgan fingerprint density at radius 2 is 1.97 bits per heavy atom. The molecule has 29 heavy (non-hydrogen) atoms. The molecule has 0 radical (unpaired) electrons. The van der Waals surface area contributed by atoms with Crippen molar-refractivity contribution in [2.45, 2.75) is 36.7 Å². The molecule has 2 aromatic rings. The molecule has 8 nitrogen and oxygen atoms in total. The van der Waals surface area contributed by atoms with Crippen molar-refractivity contribution < 1.29 is 22.6 Å². The Bertz CT molecular complexity index is 1060. The Hall–Kier alpha value is -2.23. The van der Waals surface area contributed by atoms with Crippen molar-refractivity contribution in [1.29, 1.82) is 0 Å². The summed E-state index contributed by atoms with van der Waals surface area (Å²) in [5.41, 5.74) is 1.15. The van der Waals surface area contributed by atoms with Crippen LogP contribution in [0.25, 0.3) is 0 Å². The van der Waals surface area contributed by atoms with E-state index >= 15 is 0 Å². The smallest absolute Gasteiger partial charge is 0.243 e. The first kappa shape index (κ1) is 18.8. The minimum absolute atomic E-state index is 0.203. The number of aromatic nitrogens is 2. The highest BCUT2D eigenvalue weighted by Gasteiger charge is 2.46. The Morgan fingerprint density at radius 3 is 2.83 bits per heavy atom. The second kappa shape index (κ2) is 6.93. The topological polar surface area (TPSA) is 90.9 Å². The van der Waals surface area contributed by atoms with Gasteiger partial charge < -0.3 is 14.2 Å². The van der Waals surface area contributed by atoms with E-state index < -0.39 is 15.6 Å². The SMILES string of the molecule is Cc1ncc2c(n1)C1(CCCN(S(=O)(=O)c3ccc4c(c3)OCCO4)C1)OCC2. The van der Waals surface area contributed by atoms with Crippen LogP contribution < -0.4 is 9.47 Å². The van der Waals surface area contributed by atoms with E-state index in [0.29, 0.717) is 50.1 Å². The number of piperidine rings is 1. The molecule has 1 aromatic heterocycles. The summed E-state index contributed by atoms with van der Waals surface area (Å²) in [6.07, 6.45) is 4.03. The molecule has 3 aliphatic rings. The molecule has 0 N–H and O–H groups in total. The molecule has 1 spiro atoms. The molecule has 1 atom stereocenters. The molecule has 1 unspecified atom stereocenters. The molecule has 9 heteroatoms. The fraction of sp³-hybridized carbons (Fsp3) is 0.500. The molecule has 1 saturated heterocycles. The van der Waals surface area contributed by atoms with Crippen molar-refractivity contribution in [2.24, 2.45) is 0 Å². The number of fused-ring (bicyclic) bond motifs is 3. The summed E-state index contributed by atoms with van der Waals surface area (Å²) in [4.78, 5) is 9.15. The van der Waals surface area contributed by atoms with Gasteiger partial charge >= 0.3 is 0 Å². The number of benzene rings is 1. The number of hydrogen-bond acceptors (Lipinski definition) is 7. The Morgan fingerprint density at radius 1 is 1.14 bits per heavy atom. The first-order chi connectivity index (χ1) is 14.0. The quantitative estimate of drug-likeness (QED) is 0.736. The number of aryl methyl sites for hydroxylation is 1. The van der Waals surface area contributed by atoms with Crippen molar-refractivity contribution in [3.8, 4) is 11.5 Å². The van der Waals surface area contributed by atoms with E-state index in [9.17, 15) is 8.42 Å². The molecule has 1 fully saturated rings. The maximum absolute atomic E-state index is 13.4. The fourth-order valence-electron chi connectivity index (χ4n) is 4.33. The van der Waals surface area contributed by atoms with Crippen molar-refractivity contribution in [2.75, 3.05) is 32.9 Å². The van der Waals surface area contributed by atoms with Gasteiger partial charge in [-0.2, -0.15) is 4.31 Å². The van der Waals surface area contributed by atoms with Gasteiger partial charge in [0.15, 0.2) is 11.5 Å². The fourth-order valence-corrected chi connectivity index (χ4v) is 5.87. The minimum Gasteiger partial charge on any atom is -0.486 e. The minimum atomic E-state index is -3.71.